The summed E-state index contributed by atoms with van der Waals surface area (Å²) < 4.78 is 0. The Morgan fingerprint density at radius 3 is 2.92 bits per heavy atom. The summed E-state index contributed by atoms with van der Waals surface area (Å²) in [7, 11) is 0. The van der Waals surface area contributed by atoms with Crippen LogP contribution in [0.1, 0.15) is 24.3 Å². The van der Waals surface area contributed by atoms with Gasteiger partial charge in [0.05, 0.1) is 6.10 Å². The van der Waals surface area contributed by atoms with Gasteiger partial charge in [-0.25, -0.2) is 0 Å². The molecule has 3 heteroatoms. The number of aromatic nitrogens is 1. The van der Waals surface area contributed by atoms with Gasteiger partial charge in [-0.05, 0) is 36.5 Å². The third-order valence-corrected chi connectivity index (χ3v) is 2.47. The third-order valence-electron chi connectivity index (χ3n) is 2.47. The van der Waals surface area contributed by atoms with Crippen molar-refractivity contribution < 1.29 is 5.11 Å². The molecule has 66 valence electrons. The number of rotatable bonds is 1. The van der Waals surface area contributed by atoms with Gasteiger partial charge >= 0.3 is 0 Å². The number of aliphatic hydroxyl groups is 1. The van der Waals surface area contributed by atoms with Gasteiger partial charge in [-0.1, -0.05) is 6.57 Å². The Labute approximate surface area is 76.9 Å². The Balaban J connectivity index is 2.18. The van der Waals surface area contributed by atoms with Gasteiger partial charge in [0.15, 0.2) is 0 Å². The third kappa shape index (κ3) is 1.53. The van der Waals surface area contributed by atoms with Gasteiger partial charge in [0, 0.05) is 0 Å². The van der Waals surface area contributed by atoms with E-state index in [0.717, 1.165) is 18.4 Å². The Bertz CT molecular complexity index is 350. The molecule has 3 nitrogen and oxygen atoms in total. The fraction of sp³-hybridized carbons (Fsp3) is 0.400. The summed E-state index contributed by atoms with van der Waals surface area (Å²) in [5.41, 5.74) is 1.13. The van der Waals surface area contributed by atoms with Crippen LogP contribution in [0.3, 0.4) is 0 Å². The standard InChI is InChI=1S/C10H10N2O/c1-11-10-6-7(2-3-12-10)8-4-9(13)5-8/h2-3,6,8-9,13H,4-5H2. The number of pyridine rings is 1. The van der Waals surface area contributed by atoms with Gasteiger partial charge in [-0.2, -0.15) is 0 Å². The normalized spacial score (nSPS) is 26.2. The second-order valence-electron chi connectivity index (χ2n) is 3.38. The summed E-state index contributed by atoms with van der Waals surface area (Å²) in [6.45, 7) is 6.81. The molecule has 13 heavy (non-hydrogen) atoms. The molecule has 1 saturated carbocycles. The number of hydrogen-bond donors (Lipinski definition) is 1. The minimum atomic E-state index is -0.144. The summed E-state index contributed by atoms with van der Waals surface area (Å²) in [6.07, 6.45) is 3.16. The molecule has 1 heterocycles. The zero-order valence-corrected chi connectivity index (χ0v) is 7.14. The van der Waals surface area contributed by atoms with Crippen molar-refractivity contribution in [2.24, 2.45) is 0 Å². The van der Waals surface area contributed by atoms with Gasteiger partial charge in [-0.15, -0.1) is 4.98 Å². The molecule has 0 bridgehead atoms. The number of hydrogen-bond acceptors (Lipinski definition) is 2. The molecule has 0 unspecified atom stereocenters. The van der Waals surface area contributed by atoms with Crippen LogP contribution in [0.2, 0.25) is 0 Å². The molecule has 1 aromatic heterocycles. The van der Waals surface area contributed by atoms with Crippen LogP contribution in [0, 0.1) is 6.57 Å². The highest BCUT2D eigenvalue weighted by molar-refractivity contribution is 5.40. The van der Waals surface area contributed by atoms with Crippen molar-refractivity contribution in [2.75, 3.05) is 0 Å². The maximum atomic E-state index is 9.13. The SMILES string of the molecule is [C-]#[N+]c1cc(C2CC(O)C2)ccn1. The lowest BCUT2D eigenvalue weighted by atomic mass is 9.78. The van der Waals surface area contributed by atoms with Crippen LogP contribution in [0.5, 0.6) is 0 Å². The van der Waals surface area contributed by atoms with Crippen molar-refractivity contribution in [1.82, 2.24) is 4.98 Å². The van der Waals surface area contributed by atoms with E-state index >= 15 is 0 Å². The second kappa shape index (κ2) is 3.15. The number of nitrogens with zero attached hydrogens (tertiary/aromatic N) is 2. The first-order valence-corrected chi connectivity index (χ1v) is 4.31. The van der Waals surface area contributed by atoms with Gasteiger partial charge in [-0.3, -0.25) is 0 Å². The fourth-order valence-electron chi connectivity index (χ4n) is 1.61. The summed E-state index contributed by atoms with van der Waals surface area (Å²) in [5.74, 6) is 0.873. The van der Waals surface area contributed by atoms with E-state index in [-0.39, 0.29) is 6.10 Å². The van der Waals surface area contributed by atoms with Crippen LogP contribution in [0.4, 0.5) is 5.82 Å². The molecule has 0 radical (unpaired) electrons. The molecule has 1 aliphatic carbocycles. The van der Waals surface area contributed by atoms with Crippen LogP contribution in [0.25, 0.3) is 4.85 Å². The van der Waals surface area contributed by atoms with Crippen LogP contribution < -0.4 is 0 Å². The highest BCUT2D eigenvalue weighted by Gasteiger charge is 2.28. The van der Waals surface area contributed by atoms with Gasteiger partial charge in [0.25, 0.3) is 5.82 Å². The monoisotopic (exact) mass is 174 g/mol. The highest BCUT2D eigenvalue weighted by atomic mass is 16.3. The lowest BCUT2D eigenvalue weighted by molar-refractivity contribution is 0.0746. The quantitative estimate of drug-likeness (QED) is 0.660. The molecule has 0 atom stereocenters. The zero-order chi connectivity index (χ0) is 9.26. The van der Waals surface area contributed by atoms with E-state index in [4.69, 9.17) is 11.7 Å². The molecule has 0 aromatic carbocycles. The van der Waals surface area contributed by atoms with Crippen molar-refractivity contribution in [3.63, 3.8) is 0 Å². The first-order valence-electron chi connectivity index (χ1n) is 4.31. The van der Waals surface area contributed by atoms with Gasteiger partial charge in [0.1, 0.15) is 6.20 Å². The Kier molecular flexibility index (Phi) is 1.99. The smallest absolute Gasteiger partial charge is 0.269 e. The summed E-state index contributed by atoms with van der Waals surface area (Å²) in [4.78, 5) is 7.17. The van der Waals surface area contributed by atoms with Crippen LogP contribution in [0.15, 0.2) is 18.3 Å². The van der Waals surface area contributed by atoms with Crippen molar-refractivity contribution in [2.45, 2.75) is 24.9 Å². The number of aliphatic hydroxyl groups excluding tert-OH is 1. The van der Waals surface area contributed by atoms with E-state index in [2.05, 4.69) is 9.83 Å². The average molecular weight is 174 g/mol. The van der Waals surface area contributed by atoms with Crippen molar-refractivity contribution in [1.29, 1.82) is 0 Å². The Morgan fingerprint density at radius 2 is 2.31 bits per heavy atom. The highest BCUT2D eigenvalue weighted by Crippen LogP contribution is 2.37. The van der Waals surface area contributed by atoms with Crippen molar-refractivity contribution >= 4 is 5.82 Å². The molecule has 1 fully saturated rings. The van der Waals surface area contributed by atoms with E-state index in [9.17, 15) is 0 Å². The lowest BCUT2D eigenvalue weighted by Crippen LogP contribution is -2.26. The summed E-state index contributed by atoms with van der Waals surface area (Å²) >= 11 is 0. The Morgan fingerprint density at radius 1 is 1.54 bits per heavy atom. The summed E-state index contributed by atoms with van der Waals surface area (Å²) in [5, 5.41) is 9.13. The maximum absolute atomic E-state index is 9.13. The largest absolute Gasteiger partial charge is 0.393 e. The molecule has 1 N–H and O–H groups in total. The minimum Gasteiger partial charge on any atom is -0.393 e. The average Bonchev–Trinajstić information content (AvgIpc) is 2.13. The van der Waals surface area contributed by atoms with Gasteiger partial charge in [0.2, 0.25) is 0 Å². The predicted octanol–water partition coefficient (Wildman–Crippen LogP) is 1.87. The van der Waals surface area contributed by atoms with Crippen molar-refractivity contribution in [3.05, 3.63) is 35.3 Å². The van der Waals surface area contributed by atoms with Crippen LogP contribution >= 0.6 is 0 Å². The maximum Gasteiger partial charge on any atom is 0.269 e. The Hall–Kier alpha value is -1.40. The second-order valence-corrected chi connectivity index (χ2v) is 3.38. The molecular formula is C10H10N2O. The molecule has 1 aromatic rings. The van der Waals surface area contributed by atoms with Crippen LogP contribution in [-0.2, 0) is 0 Å². The molecule has 0 aliphatic heterocycles. The van der Waals surface area contributed by atoms with E-state index in [0.29, 0.717) is 11.7 Å². The fourth-order valence-corrected chi connectivity index (χ4v) is 1.61. The topological polar surface area (TPSA) is 37.5 Å². The zero-order valence-electron chi connectivity index (χ0n) is 7.14. The molecule has 2 rings (SSSR count). The van der Waals surface area contributed by atoms with E-state index in [1.807, 2.05) is 12.1 Å². The first-order chi connectivity index (χ1) is 6.29. The molecule has 0 spiro atoms. The molecular weight excluding hydrogens is 164 g/mol. The summed E-state index contributed by atoms with van der Waals surface area (Å²) in [6, 6.07) is 3.73. The minimum absolute atomic E-state index is 0.144. The van der Waals surface area contributed by atoms with Crippen LogP contribution in [-0.4, -0.2) is 16.2 Å². The first kappa shape index (κ1) is 8.21. The van der Waals surface area contributed by atoms with E-state index < -0.39 is 0 Å². The van der Waals surface area contributed by atoms with E-state index in [1.165, 1.54) is 0 Å². The van der Waals surface area contributed by atoms with E-state index in [1.54, 1.807) is 6.20 Å². The lowest BCUT2D eigenvalue weighted by Gasteiger charge is -2.31. The molecule has 0 saturated heterocycles. The van der Waals surface area contributed by atoms with Gasteiger partial charge < -0.3 is 9.95 Å². The molecule has 0 amide bonds. The predicted molar refractivity (Wildman–Crippen MR) is 48.5 cm³/mol. The van der Waals surface area contributed by atoms with Crippen molar-refractivity contribution in [3.8, 4) is 0 Å². The molecule has 1 aliphatic rings.